The zero-order valence-electron chi connectivity index (χ0n) is 8.25. The largest absolute Gasteiger partial charge is 0.477 e. The SMILES string of the molecule is O=C(O)c1cc(-c2ccco2)cc(CO)n1. The highest BCUT2D eigenvalue weighted by Crippen LogP contribution is 2.21. The average Bonchev–Trinajstić information content (AvgIpc) is 2.81. The third-order valence-electron chi connectivity index (χ3n) is 2.07. The van der Waals surface area contributed by atoms with E-state index >= 15 is 0 Å². The Morgan fingerprint density at radius 3 is 2.81 bits per heavy atom. The fourth-order valence-corrected chi connectivity index (χ4v) is 1.36. The van der Waals surface area contributed by atoms with Crippen LogP contribution >= 0.6 is 0 Å². The van der Waals surface area contributed by atoms with E-state index in [1.54, 1.807) is 18.2 Å². The Labute approximate surface area is 91.0 Å². The van der Waals surface area contributed by atoms with Gasteiger partial charge in [-0.2, -0.15) is 0 Å². The number of carbonyl (C=O) groups is 1. The molecule has 2 rings (SSSR count). The van der Waals surface area contributed by atoms with Crippen molar-refractivity contribution < 1.29 is 19.4 Å². The van der Waals surface area contributed by atoms with Crippen molar-refractivity contribution in [2.45, 2.75) is 6.61 Å². The Balaban J connectivity index is 2.53. The number of hydrogen-bond acceptors (Lipinski definition) is 4. The molecule has 2 aromatic heterocycles. The van der Waals surface area contributed by atoms with Crippen LogP contribution in [0.5, 0.6) is 0 Å². The molecule has 0 saturated carbocycles. The molecule has 0 radical (unpaired) electrons. The molecule has 0 unspecified atom stereocenters. The van der Waals surface area contributed by atoms with Crippen molar-refractivity contribution in [1.29, 1.82) is 0 Å². The minimum Gasteiger partial charge on any atom is -0.477 e. The summed E-state index contributed by atoms with van der Waals surface area (Å²) in [6.07, 6.45) is 1.49. The standard InChI is InChI=1S/C11H9NO4/c13-6-8-4-7(10-2-1-3-16-10)5-9(12-8)11(14)15/h1-5,13H,6H2,(H,14,15). The maximum atomic E-state index is 10.8. The van der Waals surface area contributed by atoms with Gasteiger partial charge in [-0.05, 0) is 24.3 Å². The van der Waals surface area contributed by atoms with E-state index in [9.17, 15) is 4.79 Å². The minimum atomic E-state index is -1.14. The molecule has 0 spiro atoms. The summed E-state index contributed by atoms with van der Waals surface area (Å²) in [5.74, 6) is -0.595. The van der Waals surface area contributed by atoms with Crippen LogP contribution in [0.2, 0.25) is 0 Å². The first-order valence-corrected chi connectivity index (χ1v) is 4.59. The van der Waals surface area contributed by atoms with Gasteiger partial charge in [-0.3, -0.25) is 0 Å². The Bertz CT molecular complexity index is 505. The Kier molecular flexibility index (Phi) is 2.70. The molecular formula is C11H9NO4. The molecule has 5 nitrogen and oxygen atoms in total. The third-order valence-corrected chi connectivity index (χ3v) is 2.07. The van der Waals surface area contributed by atoms with Crippen LogP contribution in [0.25, 0.3) is 11.3 Å². The Morgan fingerprint density at radius 2 is 2.25 bits per heavy atom. The number of carboxylic acid groups (broad SMARTS) is 1. The molecular weight excluding hydrogens is 210 g/mol. The molecule has 2 heterocycles. The topological polar surface area (TPSA) is 83.6 Å². The summed E-state index contributed by atoms with van der Waals surface area (Å²) in [5, 5.41) is 17.8. The number of rotatable bonds is 3. The number of aliphatic hydroxyl groups excluding tert-OH is 1. The van der Waals surface area contributed by atoms with Crippen LogP contribution in [0.15, 0.2) is 34.9 Å². The summed E-state index contributed by atoms with van der Waals surface area (Å²) >= 11 is 0. The van der Waals surface area contributed by atoms with E-state index in [1.165, 1.54) is 12.3 Å². The highest BCUT2D eigenvalue weighted by molar-refractivity contribution is 5.87. The maximum absolute atomic E-state index is 10.8. The molecule has 0 aliphatic carbocycles. The van der Waals surface area contributed by atoms with Gasteiger partial charge in [-0.15, -0.1) is 0 Å². The molecule has 0 saturated heterocycles. The van der Waals surface area contributed by atoms with Crippen LogP contribution in [-0.4, -0.2) is 21.2 Å². The van der Waals surface area contributed by atoms with Crippen molar-refractivity contribution in [2.24, 2.45) is 0 Å². The van der Waals surface area contributed by atoms with Gasteiger partial charge in [-0.1, -0.05) is 0 Å². The van der Waals surface area contributed by atoms with Gasteiger partial charge in [0, 0.05) is 5.56 Å². The summed E-state index contributed by atoms with van der Waals surface area (Å²) in [6.45, 7) is -0.311. The van der Waals surface area contributed by atoms with E-state index in [0.29, 0.717) is 17.0 Å². The minimum absolute atomic E-state index is 0.113. The third kappa shape index (κ3) is 1.94. The monoisotopic (exact) mass is 219 g/mol. The van der Waals surface area contributed by atoms with Crippen molar-refractivity contribution in [3.8, 4) is 11.3 Å². The molecule has 2 N–H and O–H groups in total. The summed E-state index contributed by atoms with van der Waals surface area (Å²) < 4.78 is 5.15. The smallest absolute Gasteiger partial charge is 0.354 e. The lowest BCUT2D eigenvalue weighted by Crippen LogP contribution is -2.03. The van der Waals surface area contributed by atoms with Gasteiger partial charge in [-0.25, -0.2) is 9.78 Å². The summed E-state index contributed by atoms with van der Waals surface area (Å²) in [5.41, 5.74) is 0.769. The second-order valence-corrected chi connectivity index (χ2v) is 3.17. The number of aliphatic hydroxyl groups is 1. The van der Waals surface area contributed by atoms with E-state index in [2.05, 4.69) is 4.98 Å². The molecule has 0 amide bonds. The molecule has 0 aromatic carbocycles. The Morgan fingerprint density at radius 1 is 1.44 bits per heavy atom. The number of furan rings is 1. The fourth-order valence-electron chi connectivity index (χ4n) is 1.36. The van der Waals surface area contributed by atoms with Crippen molar-refractivity contribution in [3.05, 3.63) is 41.9 Å². The molecule has 16 heavy (non-hydrogen) atoms. The number of pyridine rings is 1. The molecule has 0 aliphatic rings. The van der Waals surface area contributed by atoms with Gasteiger partial charge in [0.25, 0.3) is 0 Å². The molecule has 2 aromatic rings. The molecule has 0 fully saturated rings. The second-order valence-electron chi connectivity index (χ2n) is 3.17. The van der Waals surface area contributed by atoms with E-state index in [4.69, 9.17) is 14.6 Å². The second kappa shape index (κ2) is 4.16. The number of aromatic nitrogens is 1. The summed E-state index contributed by atoms with van der Waals surface area (Å²) in [7, 11) is 0. The zero-order chi connectivity index (χ0) is 11.5. The number of carboxylic acids is 1. The van der Waals surface area contributed by atoms with Crippen LogP contribution in [0.4, 0.5) is 0 Å². The molecule has 82 valence electrons. The van der Waals surface area contributed by atoms with Crippen LogP contribution in [-0.2, 0) is 6.61 Å². The fraction of sp³-hybridized carbons (Fsp3) is 0.0909. The van der Waals surface area contributed by atoms with Gasteiger partial charge >= 0.3 is 5.97 Å². The maximum Gasteiger partial charge on any atom is 0.354 e. The number of aromatic carboxylic acids is 1. The van der Waals surface area contributed by atoms with Crippen molar-refractivity contribution in [2.75, 3.05) is 0 Å². The van der Waals surface area contributed by atoms with Crippen molar-refractivity contribution in [1.82, 2.24) is 4.98 Å². The van der Waals surface area contributed by atoms with Crippen LogP contribution in [0.1, 0.15) is 16.2 Å². The van der Waals surface area contributed by atoms with Gasteiger partial charge in [0.15, 0.2) is 0 Å². The van der Waals surface area contributed by atoms with Crippen LogP contribution in [0, 0.1) is 0 Å². The number of nitrogens with zero attached hydrogens (tertiary/aromatic N) is 1. The van der Waals surface area contributed by atoms with Crippen LogP contribution < -0.4 is 0 Å². The van der Waals surface area contributed by atoms with Crippen molar-refractivity contribution >= 4 is 5.97 Å². The van der Waals surface area contributed by atoms with Gasteiger partial charge < -0.3 is 14.6 Å². The molecule has 0 atom stereocenters. The summed E-state index contributed by atoms with van der Waals surface area (Å²) in [6, 6.07) is 6.41. The quantitative estimate of drug-likeness (QED) is 0.817. The molecule has 0 aliphatic heterocycles. The lowest BCUT2D eigenvalue weighted by Gasteiger charge is -2.02. The average molecular weight is 219 g/mol. The molecule has 0 bridgehead atoms. The first kappa shape index (κ1) is 10.4. The van der Waals surface area contributed by atoms with Crippen molar-refractivity contribution in [3.63, 3.8) is 0 Å². The Hall–Kier alpha value is -2.14. The first-order valence-electron chi connectivity index (χ1n) is 4.59. The lowest BCUT2D eigenvalue weighted by molar-refractivity contribution is 0.0690. The van der Waals surface area contributed by atoms with E-state index in [0.717, 1.165) is 0 Å². The predicted molar refractivity (Wildman–Crippen MR) is 54.8 cm³/mol. The highest BCUT2D eigenvalue weighted by atomic mass is 16.4. The number of hydrogen-bond donors (Lipinski definition) is 2. The van der Waals surface area contributed by atoms with Gasteiger partial charge in [0.2, 0.25) is 0 Å². The molecule has 5 heteroatoms. The van der Waals surface area contributed by atoms with Gasteiger partial charge in [0.1, 0.15) is 11.5 Å². The zero-order valence-corrected chi connectivity index (χ0v) is 8.25. The summed E-state index contributed by atoms with van der Waals surface area (Å²) in [4.78, 5) is 14.6. The van der Waals surface area contributed by atoms with Crippen LogP contribution in [0.3, 0.4) is 0 Å². The van der Waals surface area contributed by atoms with E-state index in [1.807, 2.05) is 0 Å². The van der Waals surface area contributed by atoms with E-state index < -0.39 is 5.97 Å². The van der Waals surface area contributed by atoms with Gasteiger partial charge in [0.05, 0.1) is 18.6 Å². The van der Waals surface area contributed by atoms with E-state index in [-0.39, 0.29) is 12.3 Å². The normalized spacial score (nSPS) is 10.3. The predicted octanol–water partition coefficient (Wildman–Crippen LogP) is 1.53. The first-order chi connectivity index (χ1) is 7.70. The highest BCUT2D eigenvalue weighted by Gasteiger charge is 2.10. The lowest BCUT2D eigenvalue weighted by atomic mass is 10.1.